The van der Waals surface area contributed by atoms with Crippen molar-refractivity contribution in [2.45, 2.75) is 4.90 Å². The quantitative estimate of drug-likeness (QED) is 0.802. The van der Waals surface area contributed by atoms with Crippen molar-refractivity contribution in [1.29, 1.82) is 0 Å². The molecule has 9 heteroatoms. The SMILES string of the molecule is Nc1cc(F)ccc1S(=O)(=O)Nc1c(F)cc(F)cc1Br. The number of benzene rings is 2. The molecule has 0 atom stereocenters. The van der Waals surface area contributed by atoms with Crippen LogP contribution in [-0.4, -0.2) is 8.42 Å². The van der Waals surface area contributed by atoms with E-state index in [0.29, 0.717) is 6.07 Å². The molecule has 0 spiro atoms. The maximum Gasteiger partial charge on any atom is 0.264 e. The molecular weight excluding hydrogens is 373 g/mol. The van der Waals surface area contributed by atoms with Crippen LogP contribution in [-0.2, 0) is 10.0 Å². The summed E-state index contributed by atoms with van der Waals surface area (Å²) >= 11 is 2.86. The van der Waals surface area contributed by atoms with Gasteiger partial charge in [-0.25, -0.2) is 21.6 Å². The van der Waals surface area contributed by atoms with Crippen LogP contribution in [0.4, 0.5) is 24.5 Å². The van der Waals surface area contributed by atoms with Crippen LogP contribution in [0.25, 0.3) is 0 Å². The minimum Gasteiger partial charge on any atom is -0.398 e. The number of anilines is 2. The lowest BCUT2D eigenvalue weighted by atomic mass is 10.3. The Hall–Kier alpha value is -1.74. The molecule has 3 N–H and O–H groups in total. The summed E-state index contributed by atoms with van der Waals surface area (Å²) in [5.41, 5.74) is 4.63. The topological polar surface area (TPSA) is 72.2 Å². The molecule has 0 heterocycles. The van der Waals surface area contributed by atoms with E-state index < -0.39 is 38.1 Å². The Bertz CT molecular complexity index is 789. The van der Waals surface area contributed by atoms with Crippen LogP contribution < -0.4 is 10.5 Å². The van der Waals surface area contributed by atoms with E-state index >= 15 is 0 Å². The maximum absolute atomic E-state index is 13.6. The smallest absolute Gasteiger partial charge is 0.264 e. The average Bonchev–Trinajstić information content (AvgIpc) is 2.33. The standard InChI is InChI=1S/C12H8BrF3N2O2S/c13-8-3-7(15)4-9(16)12(8)18-21(19,20)11-2-1-6(14)5-10(11)17/h1-5,18H,17H2. The lowest BCUT2D eigenvalue weighted by Crippen LogP contribution is -2.16. The lowest BCUT2D eigenvalue weighted by Gasteiger charge is -2.12. The second-order valence-electron chi connectivity index (χ2n) is 4.03. The van der Waals surface area contributed by atoms with Gasteiger partial charge in [0.1, 0.15) is 16.5 Å². The van der Waals surface area contributed by atoms with Gasteiger partial charge in [-0.2, -0.15) is 0 Å². The minimum absolute atomic E-state index is 0.121. The second kappa shape index (κ2) is 5.57. The summed E-state index contributed by atoms with van der Waals surface area (Å²) in [6.45, 7) is 0. The summed E-state index contributed by atoms with van der Waals surface area (Å²) in [5, 5.41) is 0. The molecule has 4 nitrogen and oxygen atoms in total. The Morgan fingerprint density at radius 3 is 2.29 bits per heavy atom. The maximum atomic E-state index is 13.6. The van der Waals surface area contributed by atoms with Crippen molar-refractivity contribution >= 4 is 37.3 Å². The van der Waals surface area contributed by atoms with Crippen LogP contribution >= 0.6 is 15.9 Å². The molecule has 0 aliphatic heterocycles. The number of nitrogens with one attached hydrogen (secondary N) is 1. The van der Waals surface area contributed by atoms with Crippen molar-refractivity contribution in [3.63, 3.8) is 0 Å². The summed E-state index contributed by atoms with van der Waals surface area (Å²) < 4.78 is 65.6. The predicted molar refractivity (Wildman–Crippen MR) is 75.7 cm³/mol. The van der Waals surface area contributed by atoms with Crippen molar-refractivity contribution in [3.05, 3.63) is 52.3 Å². The third kappa shape index (κ3) is 3.30. The van der Waals surface area contributed by atoms with Crippen LogP contribution in [0.2, 0.25) is 0 Å². The van der Waals surface area contributed by atoms with E-state index in [0.717, 1.165) is 24.3 Å². The molecule has 0 fully saturated rings. The molecule has 2 rings (SSSR count). The van der Waals surface area contributed by atoms with Crippen LogP contribution in [0, 0.1) is 17.5 Å². The molecule has 0 aliphatic carbocycles. The van der Waals surface area contributed by atoms with Gasteiger partial charge < -0.3 is 5.73 Å². The Kier molecular flexibility index (Phi) is 4.15. The van der Waals surface area contributed by atoms with Crippen LogP contribution in [0.15, 0.2) is 39.7 Å². The molecule has 0 radical (unpaired) electrons. The van der Waals surface area contributed by atoms with E-state index in [2.05, 4.69) is 15.9 Å². The fraction of sp³-hybridized carbons (Fsp3) is 0. The van der Waals surface area contributed by atoms with E-state index in [-0.39, 0.29) is 10.2 Å². The third-order valence-electron chi connectivity index (χ3n) is 2.50. The van der Waals surface area contributed by atoms with E-state index in [1.807, 2.05) is 4.72 Å². The zero-order valence-electron chi connectivity index (χ0n) is 10.2. The average molecular weight is 381 g/mol. The van der Waals surface area contributed by atoms with Crippen molar-refractivity contribution in [3.8, 4) is 0 Å². The normalized spacial score (nSPS) is 11.4. The van der Waals surface area contributed by atoms with Crippen LogP contribution in [0.5, 0.6) is 0 Å². The highest BCUT2D eigenvalue weighted by Gasteiger charge is 2.21. The van der Waals surface area contributed by atoms with Crippen molar-refractivity contribution in [1.82, 2.24) is 0 Å². The number of nitrogens with two attached hydrogens (primary N) is 1. The van der Waals surface area contributed by atoms with Gasteiger partial charge in [0.05, 0.1) is 11.4 Å². The Balaban J connectivity index is 2.47. The Morgan fingerprint density at radius 2 is 1.71 bits per heavy atom. The van der Waals surface area contributed by atoms with Gasteiger partial charge in [-0.05, 0) is 40.2 Å². The van der Waals surface area contributed by atoms with Gasteiger partial charge in [0.15, 0.2) is 5.82 Å². The fourth-order valence-electron chi connectivity index (χ4n) is 1.59. The molecule has 0 saturated carbocycles. The highest BCUT2D eigenvalue weighted by atomic mass is 79.9. The number of hydrogen-bond acceptors (Lipinski definition) is 3. The molecule has 21 heavy (non-hydrogen) atoms. The largest absolute Gasteiger partial charge is 0.398 e. The molecule has 0 unspecified atom stereocenters. The van der Waals surface area contributed by atoms with Gasteiger partial charge in [0.2, 0.25) is 0 Å². The minimum atomic E-state index is -4.25. The second-order valence-corrected chi connectivity index (χ2v) is 6.54. The number of nitrogen functional groups attached to an aromatic ring is 1. The van der Waals surface area contributed by atoms with Gasteiger partial charge in [-0.15, -0.1) is 0 Å². The first kappa shape index (κ1) is 15.6. The molecule has 112 valence electrons. The van der Waals surface area contributed by atoms with Crippen LogP contribution in [0.1, 0.15) is 0 Å². The van der Waals surface area contributed by atoms with E-state index in [9.17, 15) is 21.6 Å². The molecule has 0 aromatic heterocycles. The number of hydrogen-bond donors (Lipinski definition) is 2. The monoisotopic (exact) mass is 380 g/mol. The first-order valence-electron chi connectivity index (χ1n) is 5.43. The highest BCUT2D eigenvalue weighted by molar-refractivity contribution is 9.10. The summed E-state index contributed by atoms with van der Waals surface area (Å²) in [6, 6.07) is 4.10. The summed E-state index contributed by atoms with van der Waals surface area (Å²) in [4.78, 5) is -0.417. The summed E-state index contributed by atoms with van der Waals surface area (Å²) in [6.07, 6.45) is 0. The molecular formula is C12H8BrF3N2O2S. The van der Waals surface area contributed by atoms with Crippen molar-refractivity contribution in [2.24, 2.45) is 0 Å². The first-order valence-corrected chi connectivity index (χ1v) is 7.71. The molecule has 2 aromatic rings. The Labute approximate surface area is 127 Å². The first-order chi connectivity index (χ1) is 9.70. The van der Waals surface area contributed by atoms with Crippen LogP contribution in [0.3, 0.4) is 0 Å². The number of rotatable bonds is 3. The number of sulfonamides is 1. The van der Waals surface area contributed by atoms with E-state index in [1.54, 1.807) is 0 Å². The van der Waals surface area contributed by atoms with Gasteiger partial charge in [0, 0.05) is 10.5 Å². The predicted octanol–water partition coefficient (Wildman–Crippen LogP) is 3.25. The molecule has 0 aliphatic rings. The van der Waals surface area contributed by atoms with Gasteiger partial charge >= 0.3 is 0 Å². The molecule has 0 amide bonds. The highest BCUT2D eigenvalue weighted by Crippen LogP contribution is 2.30. The third-order valence-corrected chi connectivity index (χ3v) is 4.55. The van der Waals surface area contributed by atoms with Crippen molar-refractivity contribution < 1.29 is 21.6 Å². The van der Waals surface area contributed by atoms with Gasteiger partial charge in [0.25, 0.3) is 10.0 Å². The zero-order chi connectivity index (χ0) is 15.8. The number of halogens is 4. The van der Waals surface area contributed by atoms with Gasteiger partial charge in [-0.1, -0.05) is 0 Å². The lowest BCUT2D eigenvalue weighted by molar-refractivity contribution is 0.581. The summed E-state index contributed by atoms with van der Waals surface area (Å²) in [7, 11) is -4.25. The zero-order valence-corrected chi connectivity index (χ0v) is 12.6. The van der Waals surface area contributed by atoms with Crippen molar-refractivity contribution in [2.75, 3.05) is 10.5 Å². The molecule has 0 bridgehead atoms. The molecule has 2 aromatic carbocycles. The van der Waals surface area contributed by atoms with Gasteiger partial charge in [-0.3, -0.25) is 4.72 Å². The van der Waals surface area contributed by atoms with E-state index in [4.69, 9.17) is 5.73 Å². The summed E-state index contributed by atoms with van der Waals surface area (Å²) in [5.74, 6) is -2.68. The van der Waals surface area contributed by atoms with E-state index in [1.165, 1.54) is 0 Å². The fourth-order valence-corrected chi connectivity index (χ4v) is 3.43. The molecule has 0 saturated heterocycles. The Morgan fingerprint density at radius 1 is 1.05 bits per heavy atom.